The number of carbonyl (C=O) groups is 2. The average Bonchev–Trinajstić information content (AvgIpc) is 2.54. The van der Waals surface area contributed by atoms with E-state index in [2.05, 4.69) is 11.7 Å². The fourth-order valence-electron chi connectivity index (χ4n) is 2.25. The molecule has 0 spiro atoms. The molecule has 1 aromatic rings. The van der Waals surface area contributed by atoms with Crippen LogP contribution in [0.25, 0.3) is 0 Å². The Morgan fingerprint density at radius 2 is 1.46 bits per heavy atom. The highest BCUT2D eigenvalue weighted by molar-refractivity contribution is 5.76. The summed E-state index contributed by atoms with van der Waals surface area (Å²) < 4.78 is 4.19. The van der Waals surface area contributed by atoms with Crippen molar-refractivity contribution in [3.8, 4) is 0 Å². The first-order chi connectivity index (χ1) is 11.6. The van der Waals surface area contributed by atoms with Gasteiger partial charge in [-0.2, -0.15) is 0 Å². The first-order valence-electron chi connectivity index (χ1n) is 8.84. The van der Waals surface area contributed by atoms with Crippen LogP contribution in [0.2, 0.25) is 0 Å². The van der Waals surface area contributed by atoms with Gasteiger partial charge in [0, 0.05) is 17.8 Å². The molecule has 5 nitrogen and oxygen atoms in total. The highest BCUT2D eigenvalue weighted by Gasteiger charge is 2.00. The van der Waals surface area contributed by atoms with Gasteiger partial charge in [-0.25, -0.2) is 0 Å². The summed E-state index contributed by atoms with van der Waals surface area (Å²) in [6.07, 6.45) is 11.3. The third-order valence-electron chi connectivity index (χ3n) is 3.57. The zero-order valence-corrected chi connectivity index (χ0v) is 14.8. The molecule has 136 valence electrons. The summed E-state index contributed by atoms with van der Waals surface area (Å²) in [5, 5.41) is 0. The molecule has 5 heteroatoms. The third kappa shape index (κ3) is 14.9. The van der Waals surface area contributed by atoms with Crippen molar-refractivity contribution >= 4 is 23.8 Å². The van der Waals surface area contributed by atoms with Crippen LogP contribution in [0.5, 0.6) is 0 Å². The van der Waals surface area contributed by atoms with Crippen molar-refractivity contribution in [2.45, 2.75) is 71.1 Å². The molecule has 0 bridgehead atoms. The topological polar surface area (TPSA) is 95.4 Å². The summed E-state index contributed by atoms with van der Waals surface area (Å²) in [5.41, 5.74) is 12.2. The van der Waals surface area contributed by atoms with Crippen molar-refractivity contribution in [1.82, 2.24) is 0 Å². The molecule has 0 unspecified atom stereocenters. The lowest BCUT2D eigenvalue weighted by Crippen LogP contribution is -2.01. The molecule has 0 aliphatic heterocycles. The zero-order valence-electron chi connectivity index (χ0n) is 14.8. The van der Waals surface area contributed by atoms with Gasteiger partial charge in [0.2, 0.25) is 0 Å². The Bertz CT molecular complexity index is 433. The van der Waals surface area contributed by atoms with E-state index >= 15 is 0 Å². The molecule has 0 heterocycles. The molecule has 0 aliphatic rings. The Morgan fingerprint density at radius 3 is 1.88 bits per heavy atom. The zero-order chi connectivity index (χ0) is 18.0. The number of ether oxygens (including phenoxy) is 1. The number of nitrogens with two attached hydrogens (primary N) is 2. The molecule has 0 aromatic heterocycles. The van der Waals surface area contributed by atoms with Crippen LogP contribution in [0.1, 0.15) is 71.1 Å². The van der Waals surface area contributed by atoms with Gasteiger partial charge in [-0.3, -0.25) is 9.59 Å². The normalized spacial score (nSPS) is 9.71. The SMILES string of the molecule is CCCCCCCCCCCC(=O)OC=O.Nc1cccc(N)c1. The number of unbranched alkanes of at least 4 members (excludes halogenated alkanes) is 8. The van der Waals surface area contributed by atoms with E-state index in [-0.39, 0.29) is 6.47 Å². The summed E-state index contributed by atoms with van der Waals surface area (Å²) >= 11 is 0. The first kappa shape index (κ1) is 22.0. The molecular formula is C19H32N2O3. The molecule has 1 aromatic carbocycles. The number of esters is 1. The van der Waals surface area contributed by atoms with E-state index < -0.39 is 5.97 Å². The second-order valence-corrected chi connectivity index (χ2v) is 5.83. The number of benzene rings is 1. The fourth-order valence-corrected chi connectivity index (χ4v) is 2.25. The predicted octanol–water partition coefficient (Wildman–Crippen LogP) is 4.46. The molecule has 0 fully saturated rings. The van der Waals surface area contributed by atoms with E-state index in [4.69, 9.17) is 11.5 Å². The average molecular weight is 336 g/mol. The van der Waals surface area contributed by atoms with E-state index in [0.717, 1.165) is 12.8 Å². The third-order valence-corrected chi connectivity index (χ3v) is 3.57. The molecule has 24 heavy (non-hydrogen) atoms. The number of hydrogen-bond donors (Lipinski definition) is 2. The smallest absolute Gasteiger partial charge is 0.313 e. The molecule has 0 atom stereocenters. The lowest BCUT2D eigenvalue weighted by atomic mass is 10.1. The first-order valence-corrected chi connectivity index (χ1v) is 8.84. The quantitative estimate of drug-likeness (QED) is 0.204. The van der Waals surface area contributed by atoms with Crippen LogP contribution in [-0.2, 0) is 14.3 Å². The standard InChI is InChI=1S/C13H24O3.C6H8N2/c1-2-3-4-5-6-7-8-9-10-11-13(15)16-12-14;7-5-2-1-3-6(8)4-5/h12H,2-11H2,1H3;1-4H,7-8H2. The monoisotopic (exact) mass is 336 g/mol. The second kappa shape index (κ2) is 15.8. The van der Waals surface area contributed by atoms with Crippen molar-refractivity contribution in [2.24, 2.45) is 0 Å². The Morgan fingerprint density at radius 1 is 0.958 bits per heavy atom. The van der Waals surface area contributed by atoms with Crippen LogP contribution in [0.4, 0.5) is 11.4 Å². The largest absolute Gasteiger partial charge is 0.399 e. The lowest BCUT2D eigenvalue weighted by Gasteiger charge is -2.01. The number of carbonyl (C=O) groups excluding carboxylic acids is 2. The minimum atomic E-state index is -0.405. The van der Waals surface area contributed by atoms with Gasteiger partial charge in [-0.1, -0.05) is 64.4 Å². The van der Waals surface area contributed by atoms with Crippen molar-refractivity contribution in [3.63, 3.8) is 0 Å². The van der Waals surface area contributed by atoms with E-state index in [1.54, 1.807) is 18.2 Å². The molecule has 0 saturated heterocycles. The van der Waals surface area contributed by atoms with Gasteiger partial charge in [-0.05, 0) is 24.6 Å². The van der Waals surface area contributed by atoms with E-state index in [0.29, 0.717) is 17.8 Å². The number of rotatable bonds is 11. The van der Waals surface area contributed by atoms with Gasteiger partial charge in [0.15, 0.2) is 0 Å². The minimum Gasteiger partial charge on any atom is -0.399 e. The van der Waals surface area contributed by atoms with Crippen molar-refractivity contribution in [1.29, 1.82) is 0 Å². The molecule has 0 aliphatic carbocycles. The van der Waals surface area contributed by atoms with Gasteiger partial charge < -0.3 is 16.2 Å². The fraction of sp³-hybridized carbons (Fsp3) is 0.579. The van der Waals surface area contributed by atoms with Crippen LogP contribution in [0.3, 0.4) is 0 Å². The van der Waals surface area contributed by atoms with Crippen LogP contribution in [-0.4, -0.2) is 12.4 Å². The Labute approximate surface area is 145 Å². The molecular weight excluding hydrogens is 304 g/mol. The van der Waals surface area contributed by atoms with Gasteiger partial charge in [0.25, 0.3) is 0 Å². The molecule has 0 amide bonds. The summed E-state index contributed by atoms with van der Waals surface area (Å²) in [6.45, 7) is 2.43. The molecule has 0 saturated carbocycles. The Hall–Kier alpha value is -2.04. The van der Waals surface area contributed by atoms with Crippen molar-refractivity contribution in [3.05, 3.63) is 24.3 Å². The predicted molar refractivity (Wildman–Crippen MR) is 99.3 cm³/mol. The molecule has 0 radical (unpaired) electrons. The Balaban J connectivity index is 0.000000546. The summed E-state index contributed by atoms with van der Waals surface area (Å²) in [6, 6.07) is 7.15. The van der Waals surface area contributed by atoms with Gasteiger partial charge in [0.05, 0.1) is 0 Å². The van der Waals surface area contributed by atoms with Crippen LogP contribution >= 0.6 is 0 Å². The second-order valence-electron chi connectivity index (χ2n) is 5.83. The molecule has 1 rings (SSSR count). The van der Waals surface area contributed by atoms with E-state index in [9.17, 15) is 9.59 Å². The maximum absolute atomic E-state index is 10.8. The Kier molecular flexibility index (Phi) is 14.5. The van der Waals surface area contributed by atoms with Crippen molar-refractivity contribution in [2.75, 3.05) is 11.5 Å². The maximum Gasteiger partial charge on any atom is 0.313 e. The van der Waals surface area contributed by atoms with E-state index in [1.807, 2.05) is 6.07 Å². The van der Waals surface area contributed by atoms with Crippen LogP contribution in [0, 0.1) is 0 Å². The van der Waals surface area contributed by atoms with Gasteiger partial charge in [0.1, 0.15) is 0 Å². The minimum absolute atomic E-state index is 0.204. The van der Waals surface area contributed by atoms with Gasteiger partial charge >= 0.3 is 12.4 Å². The lowest BCUT2D eigenvalue weighted by molar-refractivity contribution is -0.151. The van der Waals surface area contributed by atoms with Crippen LogP contribution in [0.15, 0.2) is 24.3 Å². The highest BCUT2D eigenvalue weighted by Crippen LogP contribution is 2.10. The number of hydrogen-bond acceptors (Lipinski definition) is 5. The molecule has 4 N–H and O–H groups in total. The highest BCUT2D eigenvalue weighted by atomic mass is 16.6. The van der Waals surface area contributed by atoms with Crippen LogP contribution < -0.4 is 11.5 Å². The van der Waals surface area contributed by atoms with Crippen molar-refractivity contribution < 1.29 is 14.3 Å². The summed E-state index contributed by atoms with van der Waals surface area (Å²) in [7, 11) is 0. The maximum atomic E-state index is 10.8. The summed E-state index contributed by atoms with van der Waals surface area (Å²) in [4.78, 5) is 20.6. The number of anilines is 2. The van der Waals surface area contributed by atoms with E-state index in [1.165, 1.54) is 44.9 Å². The van der Waals surface area contributed by atoms with Gasteiger partial charge in [-0.15, -0.1) is 0 Å². The summed E-state index contributed by atoms with van der Waals surface area (Å²) in [5.74, 6) is -0.405. The number of nitrogen functional groups attached to an aromatic ring is 2.